The van der Waals surface area contributed by atoms with Gasteiger partial charge in [-0.15, -0.1) is 0 Å². The van der Waals surface area contributed by atoms with Gasteiger partial charge in [0.15, 0.2) is 0 Å². The molecule has 0 heterocycles. The Morgan fingerprint density at radius 1 is 0.208 bits per heavy atom. The van der Waals surface area contributed by atoms with Gasteiger partial charge in [-0.2, -0.15) is 0 Å². The second-order valence-corrected chi connectivity index (χ2v) is 11.9. The van der Waals surface area contributed by atoms with Crippen LogP contribution in [0.3, 0.4) is 0 Å². The number of para-hydroxylation sites is 3. The van der Waals surface area contributed by atoms with Crippen molar-refractivity contribution in [2.45, 2.75) is 0 Å². The summed E-state index contributed by atoms with van der Waals surface area (Å²) >= 11 is 0. The van der Waals surface area contributed by atoms with Crippen molar-refractivity contribution in [3.05, 3.63) is 206 Å². The van der Waals surface area contributed by atoms with Crippen LogP contribution in [0.1, 0.15) is 0 Å². The molecule has 2 heteroatoms. The van der Waals surface area contributed by atoms with Crippen molar-refractivity contribution in [2.24, 2.45) is 0 Å². The molecule has 228 valence electrons. The summed E-state index contributed by atoms with van der Waals surface area (Å²) < 4.78 is 0. The van der Waals surface area contributed by atoms with E-state index in [0.29, 0.717) is 0 Å². The van der Waals surface area contributed by atoms with Gasteiger partial charge in [0.25, 0.3) is 0 Å². The highest BCUT2D eigenvalue weighted by molar-refractivity contribution is 5.94. The number of benzene rings is 8. The van der Waals surface area contributed by atoms with Crippen molar-refractivity contribution in [3.8, 4) is 22.3 Å². The maximum absolute atomic E-state index is 2.37. The largest absolute Gasteiger partial charge is 0.310 e. The highest BCUT2D eigenvalue weighted by Gasteiger charge is 2.17. The summed E-state index contributed by atoms with van der Waals surface area (Å²) in [5.41, 5.74) is 11.4. The molecule has 0 N–H and O–H groups in total. The molecule has 0 unspecified atom stereocenters. The van der Waals surface area contributed by atoms with E-state index in [0.717, 1.165) is 34.1 Å². The van der Waals surface area contributed by atoms with E-state index in [2.05, 4.69) is 216 Å². The van der Waals surface area contributed by atoms with E-state index in [1.54, 1.807) is 0 Å². The standard InChI is InChI=1S/C46H34N2/c1-6-16-35(17-7-1)39-30-40(36-18-8-2-9-19-36)34-46(33-39)48(43-24-14-5-15-25-43)45-29-27-37-31-44(28-26-38(37)32-45)47(41-20-10-3-11-21-41)42-22-12-4-13-23-42/h1-34H. The van der Waals surface area contributed by atoms with Crippen LogP contribution in [0.15, 0.2) is 206 Å². The van der Waals surface area contributed by atoms with Gasteiger partial charge in [0.1, 0.15) is 0 Å². The van der Waals surface area contributed by atoms with Gasteiger partial charge in [0, 0.05) is 34.1 Å². The Hall–Kier alpha value is -6.38. The van der Waals surface area contributed by atoms with Gasteiger partial charge in [-0.3, -0.25) is 0 Å². The number of nitrogens with zero attached hydrogens (tertiary/aromatic N) is 2. The van der Waals surface area contributed by atoms with Gasteiger partial charge >= 0.3 is 0 Å². The number of fused-ring (bicyclic) bond motifs is 1. The van der Waals surface area contributed by atoms with E-state index in [-0.39, 0.29) is 0 Å². The molecule has 2 nitrogen and oxygen atoms in total. The number of anilines is 6. The molecule has 0 saturated heterocycles. The molecule has 0 aliphatic carbocycles. The summed E-state index contributed by atoms with van der Waals surface area (Å²) in [6.45, 7) is 0. The van der Waals surface area contributed by atoms with Crippen LogP contribution in [0, 0.1) is 0 Å². The van der Waals surface area contributed by atoms with Gasteiger partial charge in [-0.1, -0.05) is 127 Å². The third-order valence-electron chi connectivity index (χ3n) is 8.76. The summed E-state index contributed by atoms with van der Waals surface area (Å²) in [5, 5.41) is 2.37. The lowest BCUT2D eigenvalue weighted by Crippen LogP contribution is -2.11. The van der Waals surface area contributed by atoms with Crippen molar-refractivity contribution < 1.29 is 0 Å². The highest BCUT2D eigenvalue weighted by atomic mass is 15.1. The SMILES string of the molecule is c1ccc(-c2cc(-c3ccccc3)cc(N(c3ccccc3)c3ccc4cc(N(c5ccccc5)c5ccccc5)ccc4c3)c2)cc1. The molecule has 48 heavy (non-hydrogen) atoms. The first-order valence-electron chi connectivity index (χ1n) is 16.4. The van der Waals surface area contributed by atoms with Crippen LogP contribution in [0.5, 0.6) is 0 Å². The fourth-order valence-corrected chi connectivity index (χ4v) is 6.46. The topological polar surface area (TPSA) is 6.48 Å². The Bertz CT molecular complexity index is 2170. The maximum atomic E-state index is 2.37. The van der Waals surface area contributed by atoms with Crippen molar-refractivity contribution in [1.29, 1.82) is 0 Å². The Balaban J connectivity index is 1.26. The maximum Gasteiger partial charge on any atom is 0.0473 e. The Kier molecular flexibility index (Phi) is 7.96. The van der Waals surface area contributed by atoms with E-state index in [1.807, 2.05) is 0 Å². The molecule has 0 amide bonds. The Morgan fingerprint density at radius 3 is 0.917 bits per heavy atom. The normalized spacial score (nSPS) is 10.9. The van der Waals surface area contributed by atoms with Crippen molar-refractivity contribution in [1.82, 2.24) is 0 Å². The lowest BCUT2D eigenvalue weighted by molar-refractivity contribution is 1.28. The average Bonchev–Trinajstić information content (AvgIpc) is 3.17. The molecule has 8 aromatic rings. The second-order valence-electron chi connectivity index (χ2n) is 11.9. The van der Waals surface area contributed by atoms with E-state index < -0.39 is 0 Å². The van der Waals surface area contributed by atoms with E-state index in [9.17, 15) is 0 Å². The van der Waals surface area contributed by atoms with Crippen molar-refractivity contribution >= 4 is 44.9 Å². The highest BCUT2D eigenvalue weighted by Crippen LogP contribution is 2.41. The summed E-state index contributed by atoms with van der Waals surface area (Å²) in [7, 11) is 0. The van der Waals surface area contributed by atoms with Crippen LogP contribution >= 0.6 is 0 Å². The average molecular weight is 615 g/mol. The van der Waals surface area contributed by atoms with Gasteiger partial charge in [-0.05, 0) is 112 Å². The predicted octanol–water partition coefficient (Wildman–Crippen LogP) is 13.1. The van der Waals surface area contributed by atoms with Crippen molar-refractivity contribution in [2.75, 3.05) is 9.80 Å². The second kappa shape index (κ2) is 13.2. The summed E-state index contributed by atoms with van der Waals surface area (Å²) in [5.74, 6) is 0. The number of hydrogen-bond donors (Lipinski definition) is 0. The van der Waals surface area contributed by atoms with Crippen LogP contribution in [-0.2, 0) is 0 Å². The molecule has 0 atom stereocenters. The van der Waals surface area contributed by atoms with E-state index in [4.69, 9.17) is 0 Å². The minimum absolute atomic E-state index is 1.11. The smallest absolute Gasteiger partial charge is 0.0473 e. The lowest BCUT2D eigenvalue weighted by Gasteiger charge is -2.28. The van der Waals surface area contributed by atoms with Crippen LogP contribution in [0.2, 0.25) is 0 Å². The van der Waals surface area contributed by atoms with Crippen molar-refractivity contribution in [3.63, 3.8) is 0 Å². The first-order chi connectivity index (χ1) is 23.8. The Morgan fingerprint density at radius 2 is 0.542 bits per heavy atom. The minimum Gasteiger partial charge on any atom is -0.310 e. The molecule has 0 aliphatic heterocycles. The molecule has 0 fully saturated rings. The molecule has 0 spiro atoms. The van der Waals surface area contributed by atoms with Gasteiger partial charge in [0.05, 0.1) is 0 Å². The van der Waals surface area contributed by atoms with Gasteiger partial charge in [0.2, 0.25) is 0 Å². The molecule has 0 saturated carbocycles. The van der Waals surface area contributed by atoms with E-state index in [1.165, 1.54) is 33.0 Å². The zero-order chi connectivity index (χ0) is 32.1. The first-order valence-corrected chi connectivity index (χ1v) is 16.4. The molecule has 0 aromatic heterocycles. The predicted molar refractivity (Wildman–Crippen MR) is 204 cm³/mol. The monoisotopic (exact) mass is 614 g/mol. The van der Waals surface area contributed by atoms with Crippen LogP contribution < -0.4 is 9.80 Å². The summed E-state index contributed by atoms with van der Waals surface area (Å²) in [6, 6.07) is 73.5. The molecule has 8 rings (SSSR count). The molecular formula is C46H34N2. The fraction of sp³-hybridized carbons (Fsp3) is 0. The third-order valence-corrected chi connectivity index (χ3v) is 8.76. The van der Waals surface area contributed by atoms with Gasteiger partial charge < -0.3 is 9.80 Å². The molecule has 0 bridgehead atoms. The van der Waals surface area contributed by atoms with Crippen LogP contribution in [-0.4, -0.2) is 0 Å². The summed E-state index contributed by atoms with van der Waals surface area (Å²) in [6.07, 6.45) is 0. The third kappa shape index (κ3) is 5.95. The molecular weight excluding hydrogens is 581 g/mol. The van der Waals surface area contributed by atoms with Crippen LogP contribution in [0.25, 0.3) is 33.0 Å². The molecule has 0 aliphatic rings. The number of rotatable bonds is 8. The van der Waals surface area contributed by atoms with Crippen LogP contribution in [0.4, 0.5) is 34.1 Å². The molecule has 8 aromatic carbocycles. The quantitative estimate of drug-likeness (QED) is 0.168. The lowest BCUT2D eigenvalue weighted by atomic mass is 9.97. The van der Waals surface area contributed by atoms with E-state index >= 15 is 0 Å². The zero-order valence-electron chi connectivity index (χ0n) is 26.5. The molecule has 0 radical (unpaired) electrons. The fourth-order valence-electron chi connectivity index (χ4n) is 6.46. The zero-order valence-corrected chi connectivity index (χ0v) is 26.5. The Labute approximate surface area is 282 Å². The number of hydrogen-bond acceptors (Lipinski definition) is 2. The first kappa shape index (κ1) is 29.1. The minimum atomic E-state index is 1.11. The van der Waals surface area contributed by atoms with Gasteiger partial charge in [-0.25, -0.2) is 0 Å². The summed E-state index contributed by atoms with van der Waals surface area (Å²) in [4.78, 5) is 4.68.